The van der Waals surface area contributed by atoms with Crippen molar-refractivity contribution in [3.63, 3.8) is 0 Å². The van der Waals surface area contributed by atoms with Crippen molar-refractivity contribution in [2.45, 2.75) is 27.3 Å². The van der Waals surface area contributed by atoms with Crippen molar-refractivity contribution >= 4 is 29.0 Å². The number of aryl methyl sites for hydroxylation is 1. The van der Waals surface area contributed by atoms with Crippen molar-refractivity contribution in [1.29, 1.82) is 0 Å². The first-order chi connectivity index (χ1) is 12.4. The van der Waals surface area contributed by atoms with Gasteiger partial charge < -0.3 is 21.9 Å². The molecule has 0 aliphatic heterocycles. The van der Waals surface area contributed by atoms with Gasteiger partial charge in [-0.2, -0.15) is 5.10 Å². The summed E-state index contributed by atoms with van der Waals surface area (Å²) in [5.41, 5.74) is 14.5. The lowest BCUT2D eigenvalue weighted by Crippen LogP contribution is -2.34. The van der Waals surface area contributed by atoms with E-state index < -0.39 is 6.03 Å². The fourth-order valence-electron chi connectivity index (χ4n) is 2.75. The molecule has 2 rings (SSSR count). The molecule has 9 heteroatoms. The summed E-state index contributed by atoms with van der Waals surface area (Å²) in [6.07, 6.45) is 5.57. The van der Waals surface area contributed by atoms with Gasteiger partial charge in [-0.05, 0) is 26.8 Å². The molecule has 0 saturated carbocycles. The molecule has 0 bridgehead atoms. The summed E-state index contributed by atoms with van der Waals surface area (Å²) in [6.45, 7) is 7.79. The first kappa shape index (κ1) is 19.4. The van der Waals surface area contributed by atoms with Gasteiger partial charge in [-0.25, -0.2) is 19.0 Å². The molecule has 26 heavy (non-hydrogen) atoms. The summed E-state index contributed by atoms with van der Waals surface area (Å²) in [6, 6.07) is -0.668. The predicted octanol–water partition coefficient (Wildman–Crippen LogP) is 0.454. The molecule has 0 spiro atoms. The average Bonchev–Trinajstić information content (AvgIpc) is 2.85. The molecule has 1 aromatic rings. The van der Waals surface area contributed by atoms with E-state index in [4.69, 9.17) is 16.6 Å². The molecule has 0 saturated heterocycles. The summed E-state index contributed by atoms with van der Waals surface area (Å²) in [4.78, 5) is 16.0. The van der Waals surface area contributed by atoms with Crippen LogP contribution >= 0.6 is 0 Å². The van der Waals surface area contributed by atoms with E-state index in [9.17, 15) is 4.79 Å². The minimum atomic E-state index is -0.668. The molecule has 0 radical (unpaired) electrons. The standard InChI is InChI=1S/C17H25N7O2/c1-4-23(5-2)12-6-7-13(14(10-12)21-17(19)26)20-15-11(3)22-24(8-9-25)16(15)18/h6-7,10,25H,4-5,8-9H2,1-3H3,(H4,18,19,21,22,26)/p+1. The second-order valence-corrected chi connectivity index (χ2v) is 5.74. The van der Waals surface area contributed by atoms with E-state index in [1.165, 1.54) is 4.68 Å². The van der Waals surface area contributed by atoms with Gasteiger partial charge in [0.2, 0.25) is 5.71 Å². The number of nitrogens with one attached hydrogen (secondary N) is 1. The number of carbonyl (C=O) groups is 1. The van der Waals surface area contributed by atoms with Gasteiger partial charge in [0.05, 0.1) is 30.3 Å². The number of primary amides is 1. The van der Waals surface area contributed by atoms with Gasteiger partial charge in [0.15, 0.2) is 0 Å². The van der Waals surface area contributed by atoms with Crippen LogP contribution in [-0.2, 0) is 6.54 Å². The van der Waals surface area contributed by atoms with Crippen LogP contribution in [0.15, 0.2) is 28.9 Å². The van der Waals surface area contributed by atoms with Gasteiger partial charge in [-0.15, -0.1) is 0 Å². The summed E-state index contributed by atoms with van der Waals surface area (Å²) in [5, 5.41) is 16.0. The minimum Gasteiger partial charge on any atom is -0.394 e. The van der Waals surface area contributed by atoms with Crippen molar-refractivity contribution < 1.29 is 14.5 Å². The maximum absolute atomic E-state index is 11.4. The average molecular weight is 360 g/mol. The molecule has 1 aliphatic carbocycles. The van der Waals surface area contributed by atoms with Crippen LogP contribution < -0.4 is 16.8 Å². The largest absolute Gasteiger partial charge is 0.394 e. The number of rotatable bonds is 6. The van der Waals surface area contributed by atoms with E-state index in [1.807, 2.05) is 12.2 Å². The highest BCUT2D eigenvalue weighted by atomic mass is 16.3. The molecule has 1 heterocycles. The Balaban J connectivity index is 2.50. The van der Waals surface area contributed by atoms with Gasteiger partial charge in [-0.1, -0.05) is 0 Å². The Morgan fingerprint density at radius 3 is 2.65 bits per heavy atom. The topological polar surface area (TPSA) is 135 Å². The Morgan fingerprint density at radius 2 is 2.08 bits per heavy atom. The fraction of sp³-hybridized carbons (Fsp3) is 0.412. The number of urea groups is 1. The summed E-state index contributed by atoms with van der Waals surface area (Å²) >= 11 is 0. The number of amides is 2. The van der Waals surface area contributed by atoms with Crippen LogP contribution in [-0.4, -0.2) is 56.6 Å². The molecule has 6 N–H and O–H groups in total. The molecule has 0 atom stereocenters. The second kappa shape index (κ2) is 8.43. The fourth-order valence-corrected chi connectivity index (χ4v) is 2.75. The van der Waals surface area contributed by atoms with Gasteiger partial charge in [0.25, 0.3) is 0 Å². The summed E-state index contributed by atoms with van der Waals surface area (Å²) in [5.74, 6) is 0.356. The Labute approximate surface area is 152 Å². The smallest absolute Gasteiger partial charge is 0.316 e. The van der Waals surface area contributed by atoms with Crippen molar-refractivity contribution in [2.75, 3.05) is 25.4 Å². The number of nitrogen functional groups attached to an aromatic ring is 1. The molecule has 0 aromatic carbocycles. The lowest BCUT2D eigenvalue weighted by atomic mass is 10.1. The zero-order valence-electron chi connectivity index (χ0n) is 15.4. The second-order valence-electron chi connectivity index (χ2n) is 5.74. The molecule has 0 unspecified atom stereocenters. The Hall–Kier alpha value is -2.94. The van der Waals surface area contributed by atoms with Crippen LogP contribution in [0.25, 0.3) is 0 Å². The number of aliphatic hydroxyl groups is 1. The number of anilines is 1. The third-order valence-corrected chi connectivity index (χ3v) is 4.04. The molecule has 1 aromatic heterocycles. The zero-order valence-corrected chi connectivity index (χ0v) is 15.4. The monoisotopic (exact) mass is 360 g/mol. The van der Waals surface area contributed by atoms with E-state index in [0.717, 1.165) is 18.8 Å². The number of nitrogens with zero attached hydrogens (tertiary/aromatic N) is 4. The zero-order chi connectivity index (χ0) is 19.3. The first-order valence-electron chi connectivity index (χ1n) is 8.52. The van der Waals surface area contributed by atoms with Crippen molar-refractivity contribution in [2.24, 2.45) is 10.7 Å². The highest BCUT2D eigenvalue weighted by molar-refractivity contribution is 6.21. The van der Waals surface area contributed by atoms with Crippen molar-refractivity contribution in [3.8, 4) is 0 Å². The van der Waals surface area contributed by atoms with E-state index in [2.05, 4.69) is 33.8 Å². The van der Waals surface area contributed by atoms with E-state index >= 15 is 0 Å². The third kappa shape index (κ3) is 4.17. The molecule has 1 aliphatic rings. The van der Waals surface area contributed by atoms with Crippen LogP contribution in [0.2, 0.25) is 0 Å². The van der Waals surface area contributed by atoms with Crippen LogP contribution in [0.4, 0.5) is 16.3 Å². The normalized spacial score (nSPS) is 15.3. The van der Waals surface area contributed by atoms with Crippen LogP contribution in [0.5, 0.6) is 0 Å². The van der Waals surface area contributed by atoms with Crippen LogP contribution in [0.3, 0.4) is 0 Å². The van der Waals surface area contributed by atoms with Crippen LogP contribution in [0.1, 0.15) is 19.5 Å². The predicted molar refractivity (Wildman–Crippen MR) is 102 cm³/mol. The minimum absolute atomic E-state index is 0.0716. The lowest BCUT2D eigenvalue weighted by Gasteiger charge is -2.13. The van der Waals surface area contributed by atoms with Gasteiger partial charge in [-0.3, -0.25) is 0 Å². The van der Waals surface area contributed by atoms with E-state index in [0.29, 0.717) is 28.6 Å². The third-order valence-electron chi connectivity index (χ3n) is 4.04. The number of aliphatic hydroxyl groups excluding tert-OH is 1. The number of nitrogens with two attached hydrogens (primary N) is 2. The van der Waals surface area contributed by atoms with E-state index in [-0.39, 0.29) is 13.2 Å². The Bertz CT molecular complexity index is 809. The van der Waals surface area contributed by atoms with Gasteiger partial charge in [0, 0.05) is 12.2 Å². The van der Waals surface area contributed by atoms with Crippen molar-refractivity contribution in [1.82, 2.24) is 15.1 Å². The summed E-state index contributed by atoms with van der Waals surface area (Å²) in [7, 11) is 0. The summed E-state index contributed by atoms with van der Waals surface area (Å²) < 4.78 is 3.65. The molecular weight excluding hydrogens is 334 g/mol. The number of carbonyl (C=O) groups excluding carboxylic acids is 1. The number of aromatic nitrogens is 2. The maximum atomic E-state index is 11.4. The van der Waals surface area contributed by atoms with Gasteiger partial charge >= 0.3 is 6.03 Å². The Morgan fingerprint density at radius 1 is 1.38 bits per heavy atom. The SMILES string of the molecule is CC[N+](CC)=C1C=CC(=Nc2c(C)nn(CCO)c2N)C(NC(N)=O)=C1. The quantitative estimate of drug-likeness (QED) is 0.433. The highest BCUT2D eigenvalue weighted by Crippen LogP contribution is 2.27. The molecule has 9 nitrogen and oxygen atoms in total. The van der Waals surface area contributed by atoms with Crippen LogP contribution in [0, 0.1) is 6.92 Å². The first-order valence-corrected chi connectivity index (χ1v) is 8.52. The van der Waals surface area contributed by atoms with Gasteiger partial charge in [0.1, 0.15) is 24.6 Å². The molecule has 140 valence electrons. The molecule has 0 fully saturated rings. The molecular formula is C17H26N7O2+. The maximum Gasteiger partial charge on any atom is 0.316 e. The number of aliphatic imine (C=N–C) groups is 1. The highest BCUT2D eigenvalue weighted by Gasteiger charge is 2.19. The lowest BCUT2D eigenvalue weighted by molar-refractivity contribution is -0.519. The number of allylic oxidation sites excluding steroid dienone is 3. The van der Waals surface area contributed by atoms with E-state index in [1.54, 1.807) is 13.0 Å². The number of hydrogen-bond acceptors (Lipinski definition) is 5. The van der Waals surface area contributed by atoms with Crippen molar-refractivity contribution in [3.05, 3.63) is 29.6 Å². The molecule has 2 amide bonds. The number of hydrogen-bond donors (Lipinski definition) is 4. The Kier molecular flexibility index (Phi) is 6.29.